The van der Waals surface area contributed by atoms with E-state index in [2.05, 4.69) is 9.97 Å². The average Bonchev–Trinajstić information content (AvgIpc) is 2.41. The zero-order chi connectivity index (χ0) is 11.9. The second kappa shape index (κ2) is 5.75. The summed E-state index contributed by atoms with van der Waals surface area (Å²) in [4.78, 5) is 19.4. The third-order valence-corrected chi connectivity index (χ3v) is 2.19. The molecule has 2 aromatic rings. The molecule has 0 saturated heterocycles. The second-order valence-corrected chi connectivity index (χ2v) is 3.43. The fourth-order valence-electron chi connectivity index (χ4n) is 1.35. The van der Waals surface area contributed by atoms with Crippen molar-refractivity contribution in [2.75, 3.05) is 6.61 Å². The zero-order valence-corrected chi connectivity index (χ0v) is 9.24. The van der Waals surface area contributed by atoms with Crippen LogP contribution in [-0.4, -0.2) is 22.4 Å². The van der Waals surface area contributed by atoms with Crippen molar-refractivity contribution in [2.45, 2.75) is 6.42 Å². The lowest BCUT2D eigenvalue weighted by Crippen LogP contribution is -2.08. The van der Waals surface area contributed by atoms with Crippen LogP contribution in [0.4, 0.5) is 0 Å². The van der Waals surface area contributed by atoms with Gasteiger partial charge < -0.3 is 4.74 Å². The first-order chi connectivity index (χ1) is 8.36. The molecule has 0 aliphatic rings. The van der Waals surface area contributed by atoms with Gasteiger partial charge in [-0.25, -0.2) is 4.98 Å². The molecular weight excluding hydrogens is 216 g/mol. The number of aromatic nitrogens is 2. The molecule has 0 radical (unpaired) electrons. The molecule has 4 nitrogen and oxygen atoms in total. The van der Waals surface area contributed by atoms with Crippen molar-refractivity contribution in [3.63, 3.8) is 0 Å². The molecule has 0 unspecified atom stereocenters. The molecule has 1 aromatic heterocycles. The number of nitrogens with zero attached hydrogens (tertiary/aromatic N) is 2. The van der Waals surface area contributed by atoms with Crippen LogP contribution in [0, 0.1) is 0 Å². The lowest BCUT2D eigenvalue weighted by Gasteiger charge is -2.04. The highest BCUT2D eigenvalue weighted by Gasteiger charge is 2.06. The van der Waals surface area contributed by atoms with Gasteiger partial charge in [-0.3, -0.25) is 9.78 Å². The molecule has 0 fully saturated rings. The smallest absolute Gasteiger partial charge is 0.186 e. The topological polar surface area (TPSA) is 52.1 Å². The van der Waals surface area contributed by atoms with Gasteiger partial charge in [-0.05, 0) is 12.1 Å². The van der Waals surface area contributed by atoms with Crippen LogP contribution in [0.1, 0.15) is 16.9 Å². The van der Waals surface area contributed by atoms with Crippen molar-refractivity contribution in [1.29, 1.82) is 0 Å². The number of hydrogen-bond donors (Lipinski definition) is 0. The third kappa shape index (κ3) is 3.38. The van der Waals surface area contributed by atoms with Crippen LogP contribution in [0.2, 0.25) is 0 Å². The quantitative estimate of drug-likeness (QED) is 0.735. The summed E-state index contributed by atoms with van der Waals surface area (Å²) in [7, 11) is 0. The van der Waals surface area contributed by atoms with Crippen molar-refractivity contribution >= 4 is 5.78 Å². The Balaban J connectivity index is 1.82. The Morgan fingerprint density at radius 3 is 2.71 bits per heavy atom. The average molecular weight is 228 g/mol. The van der Waals surface area contributed by atoms with Gasteiger partial charge in [-0.2, -0.15) is 0 Å². The molecule has 0 atom stereocenters. The highest BCUT2D eigenvalue weighted by Crippen LogP contribution is 2.09. The van der Waals surface area contributed by atoms with Crippen LogP contribution in [0.15, 0.2) is 48.9 Å². The van der Waals surface area contributed by atoms with Crippen LogP contribution in [-0.2, 0) is 0 Å². The Morgan fingerprint density at radius 2 is 2.00 bits per heavy atom. The Labute approximate surface area is 99.3 Å². The molecule has 0 aliphatic heterocycles. The van der Waals surface area contributed by atoms with Gasteiger partial charge >= 0.3 is 0 Å². The molecule has 0 spiro atoms. The minimum atomic E-state index is -0.0611. The fraction of sp³-hybridized carbons (Fsp3) is 0.154. The Bertz CT molecular complexity index is 471. The van der Waals surface area contributed by atoms with E-state index in [1.54, 1.807) is 0 Å². The summed E-state index contributed by atoms with van der Waals surface area (Å²) in [5.74, 6) is 0.702. The number of ketones is 1. The van der Waals surface area contributed by atoms with E-state index >= 15 is 0 Å². The SMILES string of the molecule is O=C(CCOc1ccccc1)c1cnccn1. The van der Waals surface area contributed by atoms with Crippen LogP contribution in [0.5, 0.6) is 5.75 Å². The van der Waals surface area contributed by atoms with E-state index in [1.807, 2.05) is 30.3 Å². The molecule has 0 bridgehead atoms. The Kier molecular flexibility index (Phi) is 3.81. The van der Waals surface area contributed by atoms with Gasteiger partial charge in [0.15, 0.2) is 5.78 Å². The van der Waals surface area contributed by atoms with E-state index < -0.39 is 0 Å². The number of ether oxygens (including phenoxy) is 1. The fourth-order valence-corrected chi connectivity index (χ4v) is 1.35. The first kappa shape index (κ1) is 11.3. The zero-order valence-electron chi connectivity index (χ0n) is 9.24. The number of benzene rings is 1. The largest absolute Gasteiger partial charge is 0.493 e. The van der Waals surface area contributed by atoms with E-state index in [9.17, 15) is 4.79 Å². The molecule has 1 aromatic carbocycles. The molecular formula is C13H12N2O2. The summed E-state index contributed by atoms with van der Waals surface area (Å²) in [5, 5.41) is 0. The summed E-state index contributed by atoms with van der Waals surface area (Å²) in [6, 6.07) is 9.40. The van der Waals surface area contributed by atoms with Gasteiger partial charge in [0.25, 0.3) is 0 Å². The van der Waals surface area contributed by atoms with Crippen molar-refractivity contribution in [3.8, 4) is 5.75 Å². The van der Waals surface area contributed by atoms with Crippen molar-refractivity contribution < 1.29 is 9.53 Å². The normalized spacial score (nSPS) is 9.88. The van der Waals surface area contributed by atoms with Gasteiger partial charge in [0.2, 0.25) is 0 Å². The molecule has 4 heteroatoms. The number of hydrogen-bond acceptors (Lipinski definition) is 4. The molecule has 17 heavy (non-hydrogen) atoms. The maximum Gasteiger partial charge on any atom is 0.186 e. The summed E-state index contributed by atoms with van der Waals surface area (Å²) in [6.45, 7) is 0.347. The number of para-hydroxylation sites is 1. The van der Waals surface area contributed by atoms with Crippen LogP contribution < -0.4 is 4.74 Å². The van der Waals surface area contributed by atoms with E-state index in [0.717, 1.165) is 5.75 Å². The molecule has 1 heterocycles. The lowest BCUT2D eigenvalue weighted by atomic mass is 10.2. The minimum absolute atomic E-state index is 0.0611. The van der Waals surface area contributed by atoms with Crippen LogP contribution in [0.3, 0.4) is 0 Å². The monoisotopic (exact) mass is 228 g/mol. The second-order valence-electron chi connectivity index (χ2n) is 3.43. The molecule has 2 rings (SSSR count). The summed E-state index contributed by atoms with van der Waals surface area (Å²) in [5.41, 5.74) is 0.379. The summed E-state index contributed by atoms with van der Waals surface area (Å²) < 4.78 is 5.43. The standard InChI is InChI=1S/C13H12N2O2/c16-13(12-10-14-7-8-15-12)6-9-17-11-4-2-1-3-5-11/h1-5,7-8,10H,6,9H2. The predicted molar refractivity (Wildman–Crippen MR) is 62.9 cm³/mol. The molecule has 0 N–H and O–H groups in total. The number of carbonyl (C=O) groups excluding carboxylic acids is 1. The maximum absolute atomic E-state index is 11.7. The highest BCUT2D eigenvalue weighted by atomic mass is 16.5. The Hall–Kier alpha value is -2.23. The van der Waals surface area contributed by atoms with Crippen molar-refractivity contribution in [2.24, 2.45) is 0 Å². The van der Waals surface area contributed by atoms with E-state index in [1.165, 1.54) is 18.6 Å². The van der Waals surface area contributed by atoms with E-state index in [4.69, 9.17) is 4.74 Å². The van der Waals surface area contributed by atoms with Crippen LogP contribution >= 0.6 is 0 Å². The van der Waals surface area contributed by atoms with Gasteiger partial charge in [0.05, 0.1) is 12.8 Å². The minimum Gasteiger partial charge on any atom is -0.493 e. The maximum atomic E-state index is 11.7. The molecule has 0 amide bonds. The van der Waals surface area contributed by atoms with Gasteiger partial charge in [-0.1, -0.05) is 18.2 Å². The lowest BCUT2D eigenvalue weighted by molar-refractivity contribution is 0.0957. The number of Topliss-reactive ketones (excluding diaryl/α,β-unsaturated/α-hetero) is 1. The number of rotatable bonds is 5. The summed E-state index contributed by atoms with van der Waals surface area (Å²) >= 11 is 0. The Morgan fingerprint density at radius 1 is 1.18 bits per heavy atom. The highest BCUT2D eigenvalue weighted by molar-refractivity contribution is 5.93. The van der Waals surface area contributed by atoms with Gasteiger partial charge in [0, 0.05) is 18.8 Å². The van der Waals surface area contributed by atoms with Gasteiger partial charge in [-0.15, -0.1) is 0 Å². The van der Waals surface area contributed by atoms with Crippen LogP contribution in [0.25, 0.3) is 0 Å². The number of carbonyl (C=O) groups is 1. The van der Waals surface area contributed by atoms with Crippen molar-refractivity contribution in [1.82, 2.24) is 9.97 Å². The first-order valence-electron chi connectivity index (χ1n) is 5.33. The summed E-state index contributed by atoms with van der Waals surface area (Å²) in [6.07, 6.45) is 4.81. The third-order valence-electron chi connectivity index (χ3n) is 2.19. The predicted octanol–water partition coefficient (Wildman–Crippen LogP) is 2.13. The molecule has 0 saturated carbocycles. The molecule has 86 valence electrons. The van der Waals surface area contributed by atoms with Crippen molar-refractivity contribution in [3.05, 3.63) is 54.6 Å². The van der Waals surface area contributed by atoms with Gasteiger partial charge in [0.1, 0.15) is 11.4 Å². The van der Waals surface area contributed by atoms with E-state index in [0.29, 0.717) is 18.7 Å². The molecule has 0 aliphatic carbocycles. The first-order valence-corrected chi connectivity index (χ1v) is 5.33. The van der Waals surface area contributed by atoms with E-state index in [-0.39, 0.29) is 5.78 Å².